The third-order valence-electron chi connectivity index (χ3n) is 3.02. The first kappa shape index (κ1) is 13.1. The first-order valence-corrected chi connectivity index (χ1v) is 6.36. The molecule has 0 spiro atoms. The van der Waals surface area contributed by atoms with Gasteiger partial charge in [0.15, 0.2) is 0 Å². The van der Waals surface area contributed by atoms with Gasteiger partial charge in [0.25, 0.3) is 5.89 Å². The van der Waals surface area contributed by atoms with Gasteiger partial charge in [-0.15, -0.1) is 0 Å². The Hall–Kier alpha value is -2.95. The highest BCUT2D eigenvalue weighted by atomic mass is 16.5. The van der Waals surface area contributed by atoms with E-state index in [2.05, 4.69) is 10.1 Å². The number of esters is 1. The van der Waals surface area contributed by atoms with E-state index in [0.717, 1.165) is 5.56 Å². The Morgan fingerprint density at radius 3 is 2.52 bits per heavy atom. The van der Waals surface area contributed by atoms with E-state index in [-0.39, 0.29) is 5.89 Å². The van der Waals surface area contributed by atoms with Gasteiger partial charge in [-0.25, -0.2) is 4.79 Å². The van der Waals surface area contributed by atoms with Crippen LogP contribution in [0.2, 0.25) is 0 Å². The SMILES string of the molecule is COC(=O)c1ccccc1-c1nc(-c2ccccc2)no1. The minimum Gasteiger partial charge on any atom is -0.465 e. The first-order chi connectivity index (χ1) is 10.3. The number of methoxy groups -OCH3 is 1. The molecular formula is C16H12N2O3. The van der Waals surface area contributed by atoms with Crippen LogP contribution in [0, 0.1) is 0 Å². The molecule has 3 rings (SSSR count). The minimum absolute atomic E-state index is 0.287. The zero-order chi connectivity index (χ0) is 14.7. The molecule has 0 fully saturated rings. The molecule has 0 unspecified atom stereocenters. The van der Waals surface area contributed by atoms with E-state index in [9.17, 15) is 4.79 Å². The summed E-state index contributed by atoms with van der Waals surface area (Å²) in [6, 6.07) is 16.4. The van der Waals surface area contributed by atoms with Crippen LogP contribution in [0.15, 0.2) is 59.1 Å². The van der Waals surface area contributed by atoms with Crippen LogP contribution in [0.5, 0.6) is 0 Å². The van der Waals surface area contributed by atoms with Crippen molar-refractivity contribution in [3.8, 4) is 22.8 Å². The zero-order valence-corrected chi connectivity index (χ0v) is 11.3. The average Bonchev–Trinajstić information content (AvgIpc) is 3.05. The Morgan fingerprint density at radius 1 is 1.05 bits per heavy atom. The highest BCUT2D eigenvalue weighted by molar-refractivity contribution is 5.96. The second kappa shape index (κ2) is 5.58. The molecule has 0 aliphatic carbocycles. The van der Waals surface area contributed by atoms with Crippen molar-refractivity contribution in [1.29, 1.82) is 0 Å². The Kier molecular flexibility index (Phi) is 3.47. The second-order valence-electron chi connectivity index (χ2n) is 4.33. The number of ether oxygens (including phenoxy) is 1. The van der Waals surface area contributed by atoms with Crippen LogP contribution in [-0.2, 0) is 4.74 Å². The summed E-state index contributed by atoms with van der Waals surface area (Å²) in [6.45, 7) is 0. The third kappa shape index (κ3) is 2.53. The average molecular weight is 280 g/mol. The molecule has 0 atom stereocenters. The fraction of sp³-hybridized carbons (Fsp3) is 0.0625. The number of carbonyl (C=O) groups excluding carboxylic acids is 1. The Balaban J connectivity index is 2.03. The molecule has 104 valence electrons. The molecule has 0 aliphatic rings. The molecule has 21 heavy (non-hydrogen) atoms. The molecule has 1 heterocycles. The number of benzene rings is 2. The van der Waals surface area contributed by atoms with Crippen molar-refractivity contribution >= 4 is 5.97 Å². The summed E-state index contributed by atoms with van der Waals surface area (Å²) in [6.07, 6.45) is 0. The predicted molar refractivity (Wildman–Crippen MR) is 76.5 cm³/mol. The smallest absolute Gasteiger partial charge is 0.338 e. The van der Waals surface area contributed by atoms with E-state index < -0.39 is 5.97 Å². The van der Waals surface area contributed by atoms with Gasteiger partial charge < -0.3 is 9.26 Å². The molecule has 0 radical (unpaired) electrons. The maximum Gasteiger partial charge on any atom is 0.338 e. The minimum atomic E-state index is -0.440. The summed E-state index contributed by atoms with van der Waals surface area (Å²) in [5, 5.41) is 3.95. The molecule has 5 nitrogen and oxygen atoms in total. The summed E-state index contributed by atoms with van der Waals surface area (Å²) in [4.78, 5) is 16.1. The van der Waals surface area contributed by atoms with E-state index in [0.29, 0.717) is 17.0 Å². The standard InChI is InChI=1S/C16H12N2O3/c1-20-16(19)13-10-6-5-9-12(13)15-17-14(18-21-15)11-7-3-2-4-8-11/h2-10H,1H3. The van der Waals surface area contributed by atoms with Crippen molar-refractivity contribution in [2.75, 3.05) is 7.11 Å². The van der Waals surface area contributed by atoms with Crippen LogP contribution in [0.25, 0.3) is 22.8 Å². The van der Waals surface area contributed by atoms with Gasteiger partial charge in [-0.1, -0.05) is 47.6 Å². The summed E-state index contributed by atoms with van der Waals surface area (Å²) in [5.74, 6) is 0.324. The first-order valence-electron chi connectivity index (χ1n) is 6.36. The van der Waals surface area contributed by atoms with Gasteiger partial charge in [-0.05, 0) is 12.1 Å². The van der Waals surface area contributed by atoms with Crippen molar-refractivity contribution in [2.45, 2.75) is 0 Å². The highest BCUT2D eigenvalue weighted by Crippen LogP contribution is 2.25. The monoisotopic (exact) mass is 280 g/mol. The van der Waals surface area contributed by atoms with Gasteiger partial charge >= 0.3 is 5.97 Å². The molecule has 5 heteroatoms. The third-order valence-corrected chi connectivity index (χ3v) is 3.02. The van der Waals surface area contributed by atoms with Crippen LogP contribution in [0.3, 0.4) is 0 Å². The molecular weight excluding hydrogens is 268 g/mol. The fourth-order valence-electron chi connectivity index (χ4n) is 1.99. The lowest BCUT2D eigenvalue weighted by Gasteiger charge is -2.02. The summed E-state index contributed by atoms with van der Waals surface area (Å²) >= 11 is 0. The van der Waals surface area contributed by atoms with E-state index in [4.69, 9.17) is 9.26 Å². The number of carbonyl (C=O) groups is 1. The van der Waals surface area contributed by atoms with E-state index in [1.807, 2.05) is 30.3 Å². The lowest BCUT2D eigenvalue weighted by molar-refractivity contribution is 0.0601. The molecule has 0 saturated heterocycles. The Morgan fingerprint density at radius 2 is 1.76 bits per heavy atom. The molecule has 0 amide bonds. The lowest BCUT2D eigenvalue weighted by atomic mass is 10.1. The largest absolute Gasteiger partial charge is 0.465 e. The van der Waals surface area contributed by atoms with Crippen LogP contribution >= 0.6 is 0 Å². The van der Waals surface area contributed by atoms with Crippen LogP contribution in [0.4, 0.5) is 0 Å². The second-order valence-corrected chi connectivity index (χ2v) is 4.33. The summed E-state index contributed by atoms with van der Waals surface area (Å²) < 4.78 is 10.0. The molecule has 3 aromatic rings. The molecule has 2 aromatic carbocycles. The van der Waals surface area contributed by atoms with Gasteiger partial charge in [-0.3, -0.25) is 0 Å². The van der Waals surface area contributed by atoms with Gasteiger partial charge in [-0.2, -0.15) is 4.98 Å². The number of rotatable bonds is 3. The van der Waals surface area contributed by atoms with Crippen molar-refractivity contribution in [3.63, 3.8) is 0 Å². The number of hydrogen-bond acceptors (Lipinski definition) is 5. The zero-order valence-electron chi connectivity index (χ0n) is 11.3. The maximum absolute atomic E-state index is 11.8. The molecule has 0 saturated carbocycles. The van der Waals surface area contributed by atoms with Crippen LogP contribution in [0.1, 0.15) is 10.4 Å². The number of hydrogen-bond donors (Lipinski definition) is 0. The van der Waals surface area contributed by atoms with Crippen molar-refractivity contribution in [1.82, 2.24) is 10.1 Å². The predicted octanol–water partition coefficient (Wildman–Crippen LogP) is 3.19. The van der Waals surface area contributed by atoms with Crippen molar-refractivity contribution in [2.24, 2.45) is 0 Å². The van der Waals surface area contributed by atoms with Gasteiger partial charge in [0, 0.05) is 5.56 Å². The lowest BCUT2D eigenvalue weighted by Crippen LogP contribution is -2.03. The summed E-state index contributed by atoms with van der Waals surface area (Å²) in [5.41, 5.74) is 1.80. The fourth-order valence-corrected chi connectivity index (χ4v) is 1.99. The van der Waals surface area contributed by atoms with E-state index >= 15 is 0 Å². The molecule has 0 bridgehead atoms. The van der Waals surface area contributed by atoms with Gasteiger partial charge in [0.2, 0.25) is 5.82 Å². The number of nitrogens with zero attached hydrogens (tertiary/aromatic N) is 2. The molecule has 0 N–H and O–H groups in total. The molecule has 0 aliphatic heterocycles. The van der Waals surface area contributed by atoms with Crippen molar-refractivity contribution < 1.29 is 14.1 Å². The number of aromatic nitrogens is 2. The summed E-state index contributed by atoms with van der Waals surface area (Å²) in [7, 11) is 1.34. The molecule has 1 aromatic heterocycles. The van der Waals surface area contributed by atoms with Gasteiger partial charge in [0.1, 0.15) is 0 Å². The van der Waals surface area contributed by atoms with E-state index in [1.54, 1.807) is 24.3 Å². The Labute approximate surface area is 121 Å². The quantitative estimate of drug-likeness (QED) is 0.689. The normalized spacial score (nSPS) is 10.3. The van der Waals surface area contributed by atoms with Gasteiger partial charge in [0.05, 0.1) is 18.2 Å². The van der Waals surface area contributed by atoms with Crippen LogP contribution < -0.4 is 0 Å². The van der Waals surface area contributed by atoms with Crippen molar-refractivity contribution in [3.05, 3.63) is 60.2 Å². The van der Waals surface area contributed by atoms with E-state index in [1.165, 1.54) is 7.11 Å². The topological polar surface area (TPSA) is 65.2 Å². The maximum atomic E-state index is 11.8. The van der Waals surface area contributed by atoms with Crippen LogP contribution in [-0.4, -0.2) is 23.2 Å². The highest BCUT2D eigenvalue weighted by Gasteiger charge is 2.18. The Bertz CT molecular complexity index is 766.